The number of aliphatic hydroxyl groups is 1. The molecule has 0 bridgehead atoms. The lowest BCUT2D eigenvalue weighted by atomic mass is 10.2. The van der Waals surface area contributed by atoms with E-state index in [9.17, 15) is 14.7 Å². The third kappa shape index (κ3) is 4.34. The van der Waals surface area contributed by atoms with Crippen molar-refractivity contribution in [3.05, 3.63) is 35.2 Å². The van der Waals surface area contributed by atoms with Crippen molar-refractivity contribution in [3.63, 3.8) is 0 Å². The van der Waals surface area contributed by atoms with Gasteiger partial charge in [-0.15, -0.1) is 11.8 Å². The van der Waals surface area contributed by atoms with Crippen LogP contribution in [0, 0.1) is 6.92 Å². The normalized spacial score (nSPS) is 11.2. The Kier molecular flexibility index (Phi) is 6.78. The van der Waals surface area contributed by atoms with Crippen LogP contribution >= 0.6 is 11.8 Å². The van der Waals surface area contributed by atoms with E-state index < -0.39 is 5.91 Å². The first kappa shape index (κ1) is 21.8. The first-order chi connectivity index (χ1) is 14.4. The Hall–Kier alpha value is -2.85. The minimum Gasteiger partial charge on any atom is -0.396 e. The lowest BCUT2D eigenvalue weighted by Gasteiger charge is -2.12. The molecule has 1 aromatic carbocycles. The first-order valence-electron chi connectivity index (χ1n) is 9.83. The number of rotatable bonds is 9. The highest BCUT2D eigenvalue weighted by Crippen LogP contribution is 2.32. The summed E-state index contributed by atoms with van der Waals surface area (Å²) < 4.78 is 3.57. The van der Waals surface area contributed by atoms with Gasteiger partial charge in [-0.25, -0.2) is 4.98 Å². The first-order valence-corrected chi connectivity index (χ1v) is 10.8. The van der Waals surface area contributed by atoms with Crippen LogP contribution in [0.4, 0.5) is 5.95 Å². The highest BCUT2D eigenvalue weighted by atomic mass is 32.2. The second-order valence-corrected chi connectivity index (χ2v) is 7.94. The molecule has 0 aliphatic heterocycles. The van der Waals surface area contributed by atoms with Crippen LogP contribution in [0.5, 0.6) is 0 Å². The van der Waals surface area contributed by atoms with Gasteiger partial charge in [0, 0.05) is 29.3 Å². The molecule has 0 fully saturated rings. The molecule has 3 aromatic rings. The average Bonchev–Trinajstić information content (AvgIpc) is 3.26. The van der Waals surface area contributed by atoms with Gasteiger partial charge in [-0.2, -0.15) is 5.10 Å². The molecule has 0 unspecified atom stereocenters. The van der Waals surface area contributed by atoms with Crippen LogP contribution < -0.4 is 11.1 Å². The van der Waals surface area contributed by atoms with Crippen molar-refractivity contribution in [2.24, 2.45) is 5.73 Å². The molecule has 0 aliphatic carbocycles. The van der Waals surface area contributed by atoms with E-state index in [2.05, 4.69) is 15.4 Å². The van der Waals surface area contributed by atoms with Gasteiger partial charge in [0.2, 0.25) is 11.9 Å². The number of benzene rings is 1. The Morgan fingerprint density at radius 1 is 1.27 bits per heavy atom. The van der Waals surface area contributed by atoms with E-state index in [0.29, 0.717) is 41.6 Å². The summed E-state index contributed by atoms with van der Waals surface area (Å²) in [6.07, 6.45) is 0.821. The third-order valence-corrected chi connectivity index (χ3v) is 5.56. The Labute approximate surface area is 178 Å². The van der Waals surface area contributed by atoms with Gasteiger partial charge < -0.3 is 15.4 Å². The van der Waals surface area contributed by atoms with Crippen molar-refractivity contribution >= 4 is 40.6 Å². The maximum absolute atomic E-state index is 12.9. The lowest BCUT2D eigenvalue weighted by molar-refractivity contribution is 0.0995. The highest BCUT2D eigenvalue weighted by Gasteiger charge is 2.21. The molecule has 0 saturated carbocycles. The number of aryl methyl sites for hydroxylation is 3. The topological polar surface area (TPSA) is 128 Å². The number of amides is 2. The zero-order valence-corrected chi connectivity index (χ0v) is 18.1. The molecule has 2 amide bonds. The molecule has 30 heavy (non-hydrogen) atoms. The SMILES string of the molecule is CCCn1c(NC(=O)c2cc(C)nn2CC)nc2cc(C(N)=O)cc(SCCO)c21. The fourth-order valence-electron chi connectivity index (χ4n) is 3.31. The van der Waals surface area contributed by atoms with Gasteiger partial charge in [-0.3, -0.25) is 19.6 Å². The maximum Gasteiger partial charge on any atom is 0.276 e. The Bertz CT molecular complexity index is 1090. The number of fused-ring (bicyclic) bond motifs is 1. The molecule has 0 spiro atoms. The van der Waals surface area contributed by atoms with Gasteiger partial charge in [0.25, 0.3) is 5.91 Å². The van der Waals surface area contributed by atoms with Crippen LogP contribution in [0.3, 0.4) is 0 Å². The summed E-state index contributed by atoms with van der Waals surface area (Å²) in [5.41, 5.74) is 8.41. The predicted octanol–water partition coefficient (Wildman–Crippen LogP) is 2.41. The zero-order chi connectivity index (χ0) is 21.8. The van der Waals surface area contributed by atoms with Crippen molar-refractivity contribution in [1.82, 2.24) is 19.3 Å². The van der Waals surface area contributed by atoms with Crippen molar-refractivity contribution < 1.29 is 14.7 Å². The molecule has 0 radical (unpaired) electrons. The Balaban J connectivity index is 2.10. The summed E-state index contributed by atoms with van der Waals surface area (Å²) >= 11 is 1.41. The van der Waals surface area contributed by atoms with E-state index in [1.165, 1.54) is 11.8 Å². The number of thioether (sulfide) groups is 1. The number of hydrogen-bond donors (Lipinski definition) is 3. The van der Waals surface area contributed by atoms with Crippen LogP contribution in [-0.4, -0.2) is 48.6 Å². The number of aliphatic hydroxyl groups excluding tert-OH is 1. The number of nitrogens with one attached hydrogen (secondary N) is 1. The summed E-state index contributed by atoms with van der Waals surface area (Å²) in [6.45, 7) is 6.99. The number of carbonyl (C=O) groups is 2. The number of nitrogens with zero attached hydrogens (tertiary/aromatic N) is 4. The summed E-state index contributed by atoms with van der Waals surface area (Å²) in [7, 11) is 0. The summed E-state index contributed by atoms with van der Waals surface area (Å²) in [6, 6.07) is 5.07. The smallest absolute Gasteiger partial charge is 0.276 e. The molecule has 4 N–H and O–H groups in total. The van der Waals surface area contributed by atoms with Gasteiger partial charge >= 0.3 is 0 Å². The monoisotopic (exact) mass is 430 g/mol. The van der Waals surface area contributed by atoms with E-state index >= 15 is 0 Å². The van der Waals surface area contributed by atoms with Gasteiger partial charge in [-0.1, -0.05) is 6.92 Å². The molecule has 0 saturated heterocycles. The molecular weight excluding hydrogens is 404 g/mol. The second kappa shape index (κ2) is 9.31. The molecule has 0 atom stereocenters. The molecule has 9 nitrogen and oxygen atoms in total. The zero-order valence-electron chi connectivity index (χ0n) is 17.3. The fraction of sp³-hybridized carbons (Fsp3) is 0.400. The summed E-state index contributed by atoms with van der Waals surface area (Å²) in [4.78, 5) is 30.1. The quantitative estimate of drug-likeness (QED) is 0.447. The number of hydrogen-bond acceptors (Lipinski definition) is 6. The molecule has 0 aliphatic rings. The number of imidazole rings is 1. The van der Waals surface area contributed by atoms with Crippen LogP contribution in [0.1, 0.15) is 46.8 Å². The highest BCUT2D eigenvalue weighted by molar-refractivity contribution is 7.99. The van der Waals surface area contributed by atoms with Crippen molar-refractivity contribution in [3.8, 4) is 0 Å². The van der Waals surface area contributed by atoms with Crippen LogP contribution in [0.15, 0.2) is 23.1 Å². The van der Waals surface area contributed by atoms with E-state index in [0.717, 1.165) is 22.5 Å². The van der Waals surface area contributed by atoms with E-state index in [1.54, 1.807) is 22.9 Å². The van der Waals surface area contributed by atoms with E-state index in [-0.39, 0.29) is 12.5 Å². The molecule has 3 rings (SSSR count). The second-order valence-electron chi connectivity index (χ2n) is 6.81. The lowest BCUT2D eigenvalue weighted by Crippen LogP contribution is -2.20. The van der Waals surface area contributed by atoms with E-state index in [1.807, 2.05) is 25.3 Å². The molecular formula is C20H26N6O3S. The third-order valence-electron chi connectivity index (χ3n) is 4.55. The Morgan fingerprint density at radius 3 is 2.67 bits per heavy atom. The number of primary amides is 1. The number of anilines is 1. The van der Waals surface area contributed by atoms with E-state index in [4.69, 9.17) is 5.73 Å². The fourth-order valence-corrected chi connectivity index (χ4v) is 4.18. The predicted molar refractivity (Wildman–Crippen MR) is 117 cm³/mol. The largest absolute Gasteiger partial charge is 0.396 e. The molecule has 2 heterocycles. The van der Waals surface area contributed by atoms with Crippen molar-refractivity contribution in [1.29, 1.82) is 0 Å². The Morgan fingerprint density at radius 2 is 2.03 bits per heavy atom. The van der Waals surface area contributed by atoms with Crippen LogP contribution in [0.25, 0.3) is 11.0 Å². The maximum atomic E-state index is 12.9. The molecule has 2 aromatic heterocycles. The number of carbonyl (C=O) groups excluding carboxylic acids is 2. The minimum absolute atomic E-state index is 0.00117. The van der Waals surface area contributed by atoms with Gasteiger partial charge in [0.05, 0.1) is 23.3 Å². The van der Waals surface area contributed by atoms with Crippen molar-refractivity contribution in [2.45, 2.75) is 45.2 Å². The van der Waals surface area contributed by atoms with Crippen LogP contribution in [0.2, 0.25) is 0 Å². The number of aromatic nitrogens is 4. The van der Waals surface area contributed by atoms with Gasteiger partial charge in [-0.05, 0) is 38.5 Å². The minimum atomic E-state index is -0.555. The molecule has 160 valence electrons. The summed E-state index contributed by atoms with van der Waals surface area (Å²) in [5.74, 6) is 0.00182. The van der Waals surface area contributed by atoms with Crippen molar-refractivity contribution in [2.75, 3.05) is 17.7 Å². The average molecular weight is 431 g/mol. The van der Waals surface area contributed by atoms with Crippen LogP contribution in [-0.2, 0) is 13.1 Å². The number of nitrogens with two attached hydrogens (primary N) is 1. The summed E-state index contributed by atoms with van der Waals surface area (Å²) in [5, 5.41) is 16.5. The van der Waals surface area contributed by atoms with Gasteiger partial charge in [0.1, 0.15) is 5.69 Å². The molecule has 10 heteroatoms. The standard InChI is InChI=1S/C20H26N6O3S/c1-4-6-25-17-14(10-13(18(21)28)11-16(17)30-8-7-27)22-20(25)23-19(29)15-9-12(3)24-26(15)5-2/h9-11,27H,4-8H2,1-3H3,(H2,21,28)(H,22,23,29). The van der Waals surface area contributed by atoms with Gasteiger partial charge in [0.15, 0.2) is 0 Å².